The molecule has 0 saturated carbocycles. The Hall–Kier alpha value is -2.08. The van der Waals surface area contributed by atoms with Gasteiger partial charge in [-0.05, 0) is 31.0 Å². The van der Waals surface area contributed by atoms with Gasteiger partial charge in [0.15, 0.2) is 0 Å². The van der Waals surface area contributed by atoms with Crippen molar-refractivity contribution in [2.75, 3.05) is 20.3 Å². The van der Waals surface area contributed by atoms with E-state index in [0.29, 0.717) is 13.0 Å². The Labute approximate surface area is 137 Å². The molecule has 2 N–H and O–H groups in total. The van der Waals surface area contributed by atoms with Gasteiger partial charge in [-0.25, -0.2) is 0 Å². The Morgan fingerprint density at radius 2 is 1.96 bits per heavy atom. The number of aliphatic hydroxyl groups excluding tert-OH is 1. The van der Waals surface area contributed by atoms with Gasteiger partial charge in [0, 0.05) is 19.5 Å². The smallest absolute Gasteiger partial charge is 0.242 e. The van der Waals surface area contributed by atoms with Gasteiger partial charge in [0.2, 0.25) is 11.8 Å². The zero-order chi connectivity index (χ0) is 17.2. The lowest BCUT2D eigenvalue weighted by atomic mass is 10.1. The highest BCUT2D eigenvalue weighted by Gasteiger charge is 2.25. The molecule has 0 aliphatic heterocycles. The number of hydrogen-bond donors (Lipinski definition) is 2. The van der Waals surface area contributed by atoms with Crippen molar-refractivity contribution in [2.24, 2.45) is 0 Å². The summed E-state index contributed by atoms with van der Waals surface area (Å²) in [5.74, 6) is 0.418. The molecule has 0 aliphatic rings. The molecule has 0 saturated heterocycles. The summed E-state index contributed by atoms with van der Waals surface area (Å²) in [6.45, 7) is 4.04. The normalized spacial score (nSPS) is 11.7. The van der Waals surface area contributed by atoms with E-state index in [2.05, 4.69) is 5.32 Å². The van der Waals surface area contributed by atoms with Crippen molar-refractivity contribution in [3.63, 3.8) is 0 Å². The number of nitrogens with zero attached hydrogens (tertiary/aromatic N) is 1. The first kappa shape index (κ1) is 19.0. The molecule has 0 aromatic heterocycles. The molecule has 0 heterocycles. The van der Waals surface area contributed by atoms with E-state index in [4.69, 9.17) is 9.84 Å². The Bertz CT molecular complexity index is 502. The lowest BCUT2D eigenvalue weighted by molar-refractivity contribution is -0.140. The molecule has 0 fully saturated rings. The Morgan fingerprint density at radius 1 is 1.30 bits per heavy atom. The van der Waals surface area contributed by atoms with E-state index in [1.807, 2.05) is 31.2 Å². The van der Waals surface area contributed by atoms with Crippen LogP contribution in [0.2, 0.25) is 0 Å². The van der Waals surface area contributed by atoms with Crippen LogP contribution in [0.15, 0.2) is 24.3 Å². The maximum atomic E-state index is 12.4. The van der Waals surface area contributed by atoms with Crippen molar-refractivity contribution in [1.29, 1.82) is 0 Å². The fourth-order valence-electron chi connectivity index (χ4n) is 2.19. The maximum absolute atomic E-state index is 12.4. The fourth-order valence-corrected chi connectivity index (χ4v) is 2.19. The summed E-state index contributed by atoms with van der Waals surface area (Å²) in [7, 11) is 1.60. The van der Waals surface area contributed by atoms with Crippen LogP contribution in [0.25, 0.3) is 0 Å². The van der Waals surface area contributed by atoms with Crippen molar-refractivity contribution in [2.45, 2.75) is 39.3 Å². The molecule has 0 radical (unpaired) electrons. The molecular formula is C17H26N2O4. The number of carbonyl (C=O) groups excluding carboxylic acids is 2. The van der Waals surface area contributed by atoms with Crippen LogP contribution in [0.3, 0.4) is 0 Å². The molecule has 6 nitrogen and oxygen atoms in total. The van der Waals surface area contributed by atoms with Crippen LogP contribution in [0, 0.1) is 0 Å². The third-order valence-corrected chi connectivity index (χ3v) is 3.55. The van der Waals surface area contributed by atoms with Crippen molar-refractivity contribution in [3.8, 4) is 5.75 Å². The molecule has 0 aliphatic carbocycles. The number of rotatable bonds is 9. The highest BCUT2D eigenvalue weighted by Crippen LogP contribution is 2.15. The van der Waals surface area contributed by atoms with Crippen LogP contribution >= 0.6 is 0 Å². The average molecular weight is 322 g/mol. The molecule has 1 aromatic rings. The molecule has 0 spiro atoms. The number of aliphatic hydroxyl groups is 1. The number of carbonyl (C=O) groups is 2. The van der Waals surface area contributed by atoms with Crippen LogP contribution in [-0.4, -0.2) is 48.1 Å². The lowest BCUT2D eigenvalue weighted by Crippen LogP contribution is -2.48. The van der Waals surface area contributed by atoms with Crippen molar-refractivity contribution < 1.29 is 19.4 Å². The average Bonchev–Trinajstić information content (AvgIpc) is 2.57. The number of nitrogens with one attached hydrogen (secondary N) is 1. The number of amides is 2. The van der Waals surface area contributed by atoms with Gasteiger partial charge < -0.3 is 20.1 Å². The topological polar surface area (TPSA) is 78.9 Å². The third-order valence-electron chi connectivity index (χ3n) is 3.55. The fraction of sp³-hybridized carbons (Fsp3) is 0.529. The van der Waals surface area contributed by atoms with E-state index >= 15 is 0 Å². The number of hydrogen-bond acceptors (Lipinski definition) is 4. The van der Waals surface area contributed by atoms with E-state index in [1.165, 1.54) is 0 Å². The Balaban J connectivity index is 2.86. The molecule has 1 rings (SSSR count). The Morgan fingerprint density at radius 3 is 2.48 bits per heavy atom. The largest absolute Gasteiger partial charge is 0.497 e. The maximum Gasteiger partial charge on any atom is 0.242 e. The minimum Gasteiger partial charge on any atom is -0.497 e. The predicted octanol–water partition coefficient (Wildman–Crippen LogP) is 1.32. The standard InChI is InChI=1S/C17H26N2O4/c1-4-5-16(21)19(13(2)17(22)18-10-11-20)12-14-6-8-15(23-3)9-7-14/h6-9,13,20H,4-5,10-12H2,1-3H3,(H,18,22)/t13-/m0/s1. The molecule has 0 unspecified atom stereocenters. The van der Waals surface area contributed by atoms with E-state index in [-0.39, 0.29) is 25.0 Å². The minimum absolute atomic E-state index is 0.0602. The molecule has 1 aromatic carbocycles. The van der Waals surface area contributed by atoms with Crippen LogP contribution in [0.5, 0.6) is 5.75 Å². The minimum atomic E-state index is -0.595. The quantitative estimate of drug-likeness (QED) is 0.719. The van der Waals surface area contributed by atoms with Crippen LogP contribution in [0.1, 0.15) is 32.3 Å². The first-order valence-corrected chi connectivity index (χ1v) is 7.84. The van der Waals surface area contributed by atoms with Gasteiger partial charge in [-0.1, -0.05) is 19.1 Å². The first-order valence-electron chi connectivity index (χ1n) is 7.84. The van der Waals surface area contributed by atoms with E-state index in [0.717, 1.165) is 17.7 Å². The van der Waals surface area contributed by atoms with E-state index < -0.39 is 6.04 Å². The van der Waals surface area contributed by atoms with E-state index in [9.17, 15) is 9.59 Å². The third kappa shape index (κ3) is 5.90. The highest BCUT2D eigenvalue weighted by atomic mass is 16.5. The van der Waals surface area contributed by atoms with Crippen LogP contribution in [0.4, 0.5) is 0 Å². The first-order chi connectivity index (χ1) is 11.0. The van der Waals surface area contributed by atoms with Gasteiger partial charge in [0.1, 0.15) is 11.8 Å². The van der Waals surface area contributed by atoms with Crippen molar-refractivity contribution in [3.05, 3.63) is 29.8 Å². The van der Waals surface area contributed by atoms with Crippen molar-refractivity contribution >= 4 is 11.8 Å². The second-order valence-electron chi connectivity index (χ2n) is 5.31. The highest BCUT2D eigenvalue weighted by molar-refractivity contribution is 5.87. The summed E-state index contributed by atoms with van der Waals surface area (Å²) in [6, 6.07) is 6.82. The molecular weight excluding hydrogens is 296 g/mol. The molecule has 1 atom stereocenters. The number of ether oxygens (including phenoxy) is 1. The number of benzene rings is 1. The predicted molar refractivity (Wildman–Crippen MR) is 88.0 cm³/mol. The second kappa shape index (κ2) is 9.84. The van der Waals surface area contributed by atoms with Crippen molar-refractivity contribution in [1.82, 2.24) is 10.2 Å². The van der Waals surface area contributed by atoms with Gasteiger partial charge in [0.05, 0.1) is 13.7 Å². The molecule has 0 bridgehead atoms. The summed E-state index contributed by atoms with van der Waals surface area (Å²) in [6.07, 6.45) is 1.12. The van der Waals surface area contributed by atoms with Crippen LogP contribution in [-0.2, 0) is 16.1 Å². The van der Waals surface area contributed by atoms with Gasteiger partial charge in [-0.2, -0.15) is 0 Å². The lowest BCUT2D eigenvalue weighted by Gasteiger charge is -2.28. The molecule has 128 valence electrons. The zero-order valence-electron chi connectivity index (χ0n) is 14.0. The van der Waals surface area contributed by atoms with Gasteiger partial charge in [-0.3, -0.25) is 9.59 Å². The van der Waals surface area contributed by atoms with Gasteiger partial charge in [-0.15, -0.1) is 0 Å². The summed E-state index contributed by atoms with van der Waals surface area (Å²) in [4.78, 5) is 26.0. The molecule has 6 heteroatoms. The SMILES string of the molecule is CCCC(=O)N(Cc1ccc(OC)cc1)[C@@H](C)C(=O)NCCO. The summed E-state index contributed by atoms with van der Waals surface area (Å²) < 4.78 is 5.12. The van der Waals surface area contributed by atoms with Gasteiger partial charge >= 0.3 is 0 Å². The Kier molecular flexibility index (Phi) is 8.11. The zero-order valence-corrected chi connectivity index (χ0v) is 14.0. The molecule has 23 heavy (non-hydrogen) atoms. The summed E-state index contributed by atoms with van der Waals surface area (Å²) in [5, 5.41) is 11.4. The second-order valence-corrected chi connectivity index (χ2v) is 5.31. The van der Waals surface area contributed by atoms with E-state index in [1.54, 1.807) is 18.9 Å². The van der Waals surface area contributed by atoms with Gasteiger partial charge in [0.25, 0.3) is 0 Å². The number of methoxy groups -OCH3 is 1. The van der Waals surface area contributed by atoms with Crippen LogP contribution < -0.4 is 10.1 Å². The summed E-state index contributed by atoms with van der Waals surface area (Å²) in [5.41, 5.74) is 0.928. The monoisotopic (exact) mass is 322 g/mol. The molecule has 2 amide bonds. The summed E-state index contributed by atoms with van der Waals surface area (Å²) >= 11 is 0.